The Kier molecular flexibility index (Phi) is 3.24. The monoisotopic (exact) mass is 263 g/mol. The van der Waals surface area contributed by atoms with Gasteiger partial charge in [-0.15, -0.1) is 0 Å². The molecule has 18 heavy (non-hydrogen) atoms. The molecule has 0 saturated carbocycles. The second kappa shape index (κ2) is 4.84. The molecule has 0 unspecified atom stereocenters. The third-order valence-corrected chi connectivity index (χ3v) is 2.47. The van der Waals surface area contributed by atoms with E-state index in [0.717, 1.165) is 0 Å². The van der Waals surface area contributed by atoms with Crippen molar-refractivity contribution in [1.82, 2.24) is 9.97 Å². The number of hydrogen-bond donors (Lipinski definition) is 4. The highest BCUT2D eigenvalue weighted by atomic mass is 32.1. The Morgan fingerprint density at radius 3 is 2.78 bits per heavy atom. The largest absolute Gasteiger partial charge is 0.508 e. The van der Waals surface area contributed by atoms with Crippen molar-refractivity contribution in [2.24, 2.45) is 0 Å². The first kappa shape index (κ1) is 12.1. The van der Waals surface area contributed by atoms with Gasteiger partial charge in [0.2, 0.25) is 0 Å². The minimum Gasteiger partial charge on any atom is -0.508 e. The summed E-state index contributed by atoms with van der Waals surface area (Å²) < 4.78 is 0. The molecule has 1 aromatic heterocycles. The molecule has 0 atom stereocenters. The van der Waals surface area contributed by atoms with Crippen LogP contribution in [-0.4, -0.2) is 25.2 Å². The van der Waals surface area contributed by atoms with E-state index in [-0.39, 0.29) is 16.5 Å². The van der Waals surface area contributed by atoms with Crippen LogP contribution in [0.2, 0.25) is 0 Å². The number of phenolic OH excluding ortho intramolecular Hbond substituents is 2. The summed E-state index contributed by atoms with van der Waals surface area (Å²) in [7, 11) is 0. The van der Waals surface area contributed by atoms with Crippen LogP contribution in [-0.2, 0) is 0 Å². The van der Waals surface area contributed by atoms with Crippen molar-refractivity contribution in [3.63, 3.8) is 0 Å². The Balaban J connectivity index is 2.25. The van der Waals surface area contributed by atoms with E-state index < -0.39 is 5.69 Å². The van der Waals surface area contributed by atoms with Gasteiger partial charge in [-0.2, -0.15) is 0 Å². The highest BCUT2D eigenvalue weighted by Gasteiger charge is 2.08. The summed E-state index contributed by atoms with van der Waals surface area (Å²) in [5.74, 6) is 0.160. The maximum absolute atomic E-state index is 11.0. The molecule has 92 valence electrons. The lowest BCUT2D eigenvalue weighted by Gasteiger charge is -2.09. The van der Waals surface area contributed by atoms with E-state index in [2.05, 4.69) is 15.3 Å². The number of benzene rings is 1. The molecule has 7 heteroatoms. The fourth-order valence-electron chi connectivity index (χ4n) is 1.34. The van der Waals surface area contributed by atoms with Gasteiger partial charge in [0, 0.05) is 12.3 Å². The molecule has 0 aliphatic rings. The molecule has 0 radical (unpaired) electrons. The van der Waals surface area contributed by atoms with E-state index in [1.807, 2.05) is 0 Å². The topological polar surface area (TPSA) is 98.2 Å². The van der Waals surface area contributed by atoms with Crippen LogP contribution in [0, 0.1) is 0 Å². The van der Waals surface area contributed by atoms with Crippen molar-refractivity contribution in [3.8, 4) is 11.5 Å². The Labute approximate surface area is 107 Å². The summed E-state index contributed by atoms with van der Waals surface area (Å²) in [5.41, 5.74) is -0.154. The van der Waals surface area contributed by atoms with Gasteiger partial charge >= 0.3 is 5.69 Å². The molecule has 0 bridgehead atoms. The Morgan fingerprint density at radius 2 is 2.11 bits per heavy atom. The highest BCUT2D eigenvalue weighted by molar-refractivity contribution is 7.81. The summed E-state index contributed by atoms with van der Waals surface area (Å²) >= 11 is 5.08. The molecule has 0 aliphatic heterocycles. The highest BCUT2D eigenvalue weighted by Crippen LogP contribution is 2.23. The molecule has 0 spiro atoms. The van der Waals surface area contributed by atoms with Gasteiger partial charge in [-0.05, 0) is 18.2 Å². The van der Waals surface area contributed by atoms with Gasteiger partial charge in [0.1, 0.15) is 22.3 Å². The first-order chi connectivity index (χ1) is 8.56. The number of H-pyrrole nitrogens is 1. The molecule has 1 heterocycles. The maximum atomic E-state index is 11.0. The van der Waals surface area contributed by atoms with Crippen LogP contribution in [0.1, 0.15) is 5.56 Å². The first-order valence-electron chi connectivity index (χ1n) is 4.95. The van der Waals surface area contributed by atoms with Crippen LogP contribution in [0.25, 0.3) is 0 Å². The second-order valence-corrected chi connectivity index (χ2v) is 3.85. The molecule has 0 fully saturated rings. The third kappa shape index (κ3) is 2.64. The molecule has 2 aromatic rings. The van der Waals surface area contributed by atoms with Crippen molar-refractivity contribution in [2.45, 2.75) is 0 Å². The number of nitrogens with one attached hydrogen (secondary N) is 2. The molecule has 0 amide bonds. The van der Waals surface area contributed by atoms with E-state index >= 15 is 0 Å². The van der Waals surface area contributed by atoms with Crippen molar-refractivity contribution < 1.29 is 10.2 Å². The predicted molar refractivity (Wildman–Crippen MR) is 70.0 cm³/mol. The number of aromatic amines is 1. The van der Waals surface area contributed by atoms with E-state index in [1.165, 1.54) is 30.5 Å². The lowest BCUT2D eigenvalue weighted by molar-refractivity contribution is 0.450. The summed E-state index contributed by atoms with van der Waals surface area (Å²) in [6.07, 6.45) is 1.33. The van der Waals surface area contributed by atoms with E-state index in [4.69, 9.17) is 17.3 Å². The van der Waals surface area contributed by atoms with Crippen LogP contribution < -0.4 is 11.0 Å². The maximum Gasteiger partial charge on any atom is 0.346 e. The van der Waals surface area contributed by atoms with Crippen LogP contribution >= 0.6 is 12.2 Å². The van der Waals surface area contributed by atoms with Gasteiger partial charge in [0.15, 0.2) is 0 Å². The Bertz CT molecular complexity index is 654. The molecule has 0 aliphatic carbocycles. The number of anilines is 1. The van der Waals surface area contributed by atoms with Crippen LogP contribution in [0.5, 0.6) is 11.5 Å². The number of hydrogen-bond acceptors (Lipinski definition) is 5. The Morgan fingerprint density at radius 1 is 1.33 bits per heavy atom. The Hall–Kier alpha value is -2.41. The number of nitrogens with zero attached hydrogens (tertiary/aromatic N) is 1. The van der Waals surface area contributed by atoms with Crippen molar-refractivity contribution in [1.29, 1.82) is 0 Å². The molecule has 0 saturated heterocycles. The second-order valence-electron chi connectivity index (χ2n) is 3.44. The number of aromatic nitrogens is 2. The number of phenols is 2. The minimum absolute atomic E-state index is 0.0589. The van der Waals surface area contributed by atoms with Gasteiger partial charge in [-0.3, -0.25) is 4.98 Å². The molecule has 1 aromatic carbocycles. The van der Waals surface area contributed by atoms with Crippen molar-refractivity contribution >= 4 is 23.0 Å². The zero-order chi connectivity index (χ0) is 13.1. The smallest absolute Gasteiger partial charge is 0.346 e. The molecule has 6 nitrogen and oxygen atoms in total. The van der Waals surface area contributed by atoms with Gasteiger partial charge in [0.25, 0.3) is 0 Å². The summed E-state index contributed by atoms with van der Waals surface area (Å²) in [6, 6.07) is 5.58. The summed E-state index contributed by atoms with van der Waals surface area (Å²) in [6.45, 7) is 0. The summed E-state index contributed by atoms with van der Waals surface area (Å²) in [4.78, 5) is 17.1. The average Bonchev–Trinajstić information content (AvgIpc) is 2.28. The quantitative estimate of drug-likeness (QED) is 0.603. The molecule has 2 rings (SSSR count). The van der Waals surface area contributed by atoms with Crippen LogP contribution in [0.15, 0.2) is 35.3 Å². The fourth-order valence-corrected chi connectivity index (χ4v) is 1.63. The first-order valence-corrected chi connectivity index (χ1v) is 5.36. The lowest BCUT2D eigenvalue weighted by atomic mass is 10.2. The number of thiocarbonyl (C=S) groups is 1. The van der Waals surface area contributed by atoms with E-state index in [0.29, 0.717) is 11.4 Å². The van der Waals surface area contributed by atoms with Crippen molar-refractivity contribution in [2.75, 3.05) is 5.32 Å². The van der Waals surface area contributed by atoms with Gasteiger partial charge in [-0.1, -0.05) is 12.2 Å². The zero-order valence-corrected chi connectivity index (χ0v) is 9.86. The number of rotatable bonds is 2. The fraction of sp³-hybridized carbons (Fsp3) is 0. The van der Waals surface area contributed by atoms with E-state index in [1.54, 1.807) is 0 Å². The van der Waals surface area contributed by atoms with Gasteiger partial charge in [0.05, 0.1) is 5.56 Å². The van der Waals surface area contributed by atoms with Crippen molar-refractivity contribution in [3.05, 3.63) is 46.5 Å². The predicted octanol–water partition coefficient (Wildman–Crippen LogP) is 0.969. The lowest BCUT2D eigenvalue weighted by Crippen LogP contribution is -2.16. The zero-order valence-electron chi connectivity index (χ0n) is 9.04. The molecule has 4 N–H and O–H groups in total. The van der Waals surface area contributed by atoms with Gasteiger partial charge < -0.3 is 15.5 Å². The molecular formula is C11H9N3O3S. The standard InChI is InChI=1S/C11H9N3O3S/c15-6-1-2-7(8(16)5-6)10(18)13-9-3-4-12-11(17)14-9/h1-5,15-16H,(H2,12,13,14,17,18). The molecular weight excluding hydrogens is 254 g/mol. The third-order valence-electron chi connectivity index (χ3n) is 2.15. The van der Waals surface area contributed by atoms with Gasteiger partial charge in [-0.25, -0.2) is 9.78 Å². The SMILES string of the molecule is O=c1nccc(NC(=S)c2ccc(O)cc2O)[nH]1. The van der Waals surface area contributed by atoms with Crippen LogP contribution in [0.4, 0.5) is 5.82 Å². The summed E-state index contributed by atoms with van der Waals surface area (Å²) in [5, 5.41) is 21.5. The average molecular weight is 263 g/mol. The van der Waals surface area contributed by atoms with E-state index in [9.17, 15) is 9.90 Å². The van der Waals surface area contributed by atoms with Crippen LogP contribution in [0.3, 0.4) is 0 Å². The minimum atomic E-state index is -0.502. The normalized spacial score (nSPS) is 10.0. The number of aromatic hydroxyl groups is 2.